The number of benzene rings is 4. The van der Waals surface area contributed by atoms with Gasteiger partial charge < -0.3 is 38.4 Å². The van der Waals surface area contributed by atoms with Gasteiger partial charge in [-0.15, -0.1) is 0 Å². The Morgan fingerprint density at radius 3 is 2.46 bits per heavy atom. The molecular formula is C46H46ClN5O7. The topological polar surface area (TPSA) is 109 Å². The Bertz CT molecular complexity index is 2450. The SMILES string of the molecule is CN1CCOc2cc(N(C(=O)c3cc(-c4cc5c(cc4C(=O)N4Cc6cccc(Cl)c6C[C@H]4CN4CCOCC4)OCO5)n4c3CCCC4)c3ccc(O)cc3)ccc21. The monoisotopic (exact) mass is 815 g/mol. The molecule has 1 atom stereocenters. The molecule has 0 unspecified atom stereocenters. The quantitative estimate of drug-likeness (QED) is 0.181. The van der Waals surface area contributed by atoms with E-state index in [1.165, 1.54) is 0 Å². The largest absolute Gasteiger partial charge is 0.508 e. The van der Waals surface area contributed by atoms with Crippen molar-refractivity contribution in [3.05, 3.63) is 112 Å². The number of carbonyl (C=O) groups excluding carboxylic acids is 2. The minimum atomic E-state index is -0.222. The first-order valence-corrected chi connectivity index (χ1v) is 20.8. The highest BCUT2D eigenvalue weighted by molar-refractivity contribution is 6.31. The molecule has 0 spiro atoms. The molecule has 5 aromatic rings. The number of morpholine rings is 1. The van der Waals surface area contributed by atoms with Crippen LogP contribution >= 0.6 is 11.6 Å². The van der Waals surface area contributed by atoms with E-state index < -0.39 is 0 Å². The number of phenolic OH excluding ortho intramolecular Hbond substituents is 1. The van der Waals surface area contributed by atoms with E-state index in [1.807, 2.05) is 60.5 Å². The fourth-order valence-corrected chi connectivity index (χ4v) is 9.55. The Hall–Kier alpha value is -5.69. The average molecular weight is 816 g/mol. The number of aromatic nitrogens is 1. The van der Waals surface area contributed by atoms with Gasteiger partial charge >= 0.3 is 0 Å². The highest BCUT2D eigenvalue weighted by atomic mass is 35.5. The summed E-state index contributed by atoms with van der Waals surface area (Å²) in [5.41, 5.74) is 7.73. The fraction of sp³-hybridized carbons (Fsp3) is 0.348. The van der Waals surface area contributed by atoms with Crippen molar-refractivity contribution in [2.24, 2.45) is 0 Å². The van der Waals surface area contributed by atoms with Crippen molar-refractivity contribution >= 4 is 40.5 Å². The molecule has 13 heteroatoms. The van der Waals surface area contributed by atoms with Crippen molar-refractivity contribution < 1.29 is 33.6 Å². The number of carbonyl (C=O) groups is 2. The Balaban J connectivity index is 1.08. The predicted molar refractivity (Wildman–Crippen MR) is 225 cm³/mol. The second kappa shape index (κ2) is 15.5. The van der Waals surface area contributed by atoms with Crippen LogP contribution in [-0.2, 0) is 30.7 Å². The number of halogens is 1. The third kappa shape index (κ3) is 6.92. The van der Waals surface area contributed by atoms with Gasteiger partial charge in [0.15, 0.2) is 11.5 Å². The average Bonchev–Trinajstić information content (AvgIpc) is 3.89. The lowest BCUT2D eigenvalue weighted by Crippen LogP contribution is -2.52. The number of amides is 2. The van der Waals surface area contributed by atoms with E-state index in [-0.39, 0.29) is 30.4 Å². The number of ether oxygens (including phenoxy) is 4. The second-order valence-corrected chi connectivity index (χ2v) is 16.3. The fourth-order valence-electron chi connectivity index (χ4n) is 9.28. The van der Waals surface area contributed by atoms with Crippen molar-refractivity contribution in [2.75, 3.05) is 69.6 Å². The molecule has 304 valence electrons. The van der Waals surface area contributed by atoms with Crippen LogP contribution in [0.4, 0.5) is 17.1 Å². The second-order valence-electron chi connectivity index (χ2n) is 15.9. The molecule has 1 aromatic heterocycles. The molecule has 5 aliphatic heterocycles. The number of phenols is 1. The van der Waals surface area contributed by atoms with Crippen molar-refractivity contribution in [3.63, 3.8) is 0 Å². The molecular weight excluding hydrogens is 770 g/mol. The number of anilines is 3. The third-order valence-electron chi connectivity index (χ3n) is 12.4. The number of hydrogen-bond donors (Lipinski definition) is 1. The van der Waals surface area contributed by atoms with Crippen LogP contribution in [0.5, 0.6) is 23.0 Å². The number of fused-ring (bicyclic) bond motifs is 4. The molecule has 10 rings (SSSR count). The molecule has 1 fully saturated rings. The molecule has 1 N–H and O–H groups in total. The number of aromatic hydroxyl groups is 1. The summed E-state index contributed by atoms with van der Waals surface area (Å²) in [5, 5.41) is 11.0. The summed E-state index contributed by atoms with van der Waals surface area (Å²) in [6, 6.07) is 23.9. The van der Waals surface area contributed by atoms with Gasteiger partial charge in [0.1, 0.15) is 18.1 Å². The van der Waals surface area contributed by atoms with Gasteiger partial charge in [-0.25, -0.2) is 0 Å². The van der Waals surface area contributed by atoms with Gasteiger partial charge in [0, 0.05) is 79.5 Å². The van der Waals surface area contributed by atoms with E-state index in [4.69, 9.17) is 30.5 Å². The first-order valence-electron chi connectivity index (χ1n) is 20.5. The lowest BCUT2D eigenvalue weighted by atomic mass is 9.91. The van der Waals surface area contributed by atoms with E-state index in [0.29, 0.717) is 97.6 Å². The maximum Gasteiger partial charge on any atom is 0.264 e. The van der Waals surface area contributed by atoms with Gasteiger partial charge in [0.2, 0.25) is 6.79 Å². The number of hydrogen-bond acceptors (Lipinski definition) is 9. The van der Waals surface area contributed by atoms with Crippen LogP contribution in [0.25, 0.3) is 11.3 Å². The minimum Gasteiger partial charge on any atom is -0.508 e. The molecule has 12 nitrogen and oxygen atoms in total. The highest BCUT2D eigenvalue weighted by Gasteiger charge is 2.37. The molecule has 0 aliphatic carbocycles. The summed E-state index contributed by atoms with van der Waals surface area (Å²) in [6.07, 6.45) is 3.18. The van der Waals surface area contributed by atoms with Crippen molar-refractivity contribution in [1.29, 1.82) is 0 Å². The zero-order valence-electron chi connectivity index (χ0n) is 33.0. The standard InChI is InChI=1S/C46H46ClN5O7/c1-48-15-20-57-42-22-31(10-13-40(42)48)52(30-8-11-33(53)12-9-30)46(55)37-23-41(50-14-3-2-7-39(37)50)35-24-43-44(59-28-58-43)25-36(35)45(54)51-26-29-5-4-6-38(47)34(29)21-32(51)27-49-16-18-56-19-17-49/h4-6,8-13,22-25,32,53H,2-3,7,14-21,26-28H2,1H3/t32-/m0/s1. The Kier molecular flexibility index (Phi) is 9.86. The summed E-state index contributed by atoms with van der Waals surface area (Å²) in [7, 11) is 2.03. The first-order chi connectivity index (χ1) is 28.8. The van der Waals surface area contributed by atoms with Crippen molar-refractivity contribution in [2.45, 2.75) is 44.8 Å². The highest BCUT2D eigenvalue weighted by Crippen LogP contribution is 2.44. The van der Waals surface area contributed by atoms with Gasteiger partial charge in [-0.1, -0.05) is 23.7 Å². The maximum atomic E-state index is 15.3. The van der Waals surface area contributed by atoms with Gasteiger partial charge in [-0.3, -0.25) is 19.4 Å². The van der Waals surface area contributed by atoms with Crippen LogP contribution in [0.15, 0.2) is 78.9 Å². The molecule has 0 radical (unpaired) electrons. The molecule has 0 saturated carbocycles. The van der Waals surface area contributed by atoms with Crippen LogP contribution in [0.2, 0.25) is 5.02 Å². The number of nitrogens with zero attached hydrogens (tertiary/aromatic N) is 5. The first kappa shape index (κ1) is 37.6. The molecule has 1 saturated heterocycles. The zero-order valence-corrected chi connectivity index (χ0v) is 33.7. The molecule has 2 amide bonds. The lowest BCUT2D eigenvalue weighted by Gasteiger charge is -2.41. The van der Waals surface area contributed by atoms with Gasteiger partial charge in [-0.05, 0) is 97.5 Å². The van der Waals surface area contributed by atoms with Crippen LogP contribution in [0, 0.1) is 0 Å². The van der Waals surface area contributed by atoms with Crippen molar-refractivity contribution in [1.82, 2.24) is 14.4 Å². The molecule has 59 heavy (non-hydrogen) atoms. The van der Waals surface area contributed by atoms with Gasteiger partial charge in [-0.2, -0.15) is 0 Å². The van der Waals surface area contributed by atoms with E-state index in [2.05, 4.69) is 20.4 Å². The predicted octanol–water partition coefficient (Wildman–Crippen LogP) is 7.29. The minimum absolute atomic E-state index is 0.0551. The Morgan fingerprint density at radius 2 is 1.63 bits per heavy atom. The van der Waals surface area contributed by atoms with E-state index in [9.17, 15) is 5.11 Å². The summed E-state index contributed by atoms with van der Waals surface area (Å²) in [4.78, 5) is 38.8. The van der Waals surface area contributed by atoms with E-state index in [1.54, 1.807) is 29.2 Å². The summed E-state index contributed by atoms with van der Waals surface area (Å²) >= 11 is 6.78. The van der Waals surface area contributed by atoms with Crippen LogP contribution < -0.4 is 24.0 Å². The van der Waals surface area contributed by atoms with Crippen molar-refractivity contribution in [3.8, 4) is 34.3 Å². The van der Waals surface area contributed by atoms with Gasteiger partial charge in [0.25, 0.3) is 11.8 Å². The summed E-state index contributed by atoms with van der Waals surface area (Å²) in [5.74, 6) is 1.54. The number of likely N-dealkylation sites (N-methyl/N-ethyl adjacent to an activating group) is 1. The summed E-state index contributed by atoms with van der Waals surface area (Å²) in [6.45, 7) is 6.07. The molecule has 4 aromatic carbocycles. The molecule has 6 heterocycles. The zero-order chi connectivity index (χ0) is 40.2. The third-order valence-corrected chi connectivity index (χ3v) is 12.7. The molecule has 5 aliphatic rings. The lowest BCUT2D eigenvalue weighted by molar-refractivity contribution is 0.0193. The maximum absolute atomic E-state index is 15.3. The number of rotatable bonds is 7. The Morgan fingerprint density at radius 1 is 0.831 bits per heavy atom. The Labute approximate surface area is 348 Å². The van der Waals surface area contributed by atoms with E-state index >= 15 is 9.59 Å². The van der Waals surface area contributed by atoms with E-state index in [0.717, 1.165) is 65.7 Å². The van der Waals surface area contributed by atoms with Crippen LogP contribution in [-0.4, -0.2) is 97.2 Å². The molecule has 0 bridgehead atoms. The smallest absolute Gasteiger partial charge is 0.264 e. The van der Waals surface area contributed by atoms with Crippen LogP contribution in [0.1, 0.15) is 50.4 Å². The summed E-state index contributed by atoms with van der Waals surface area (Å²) < 4.78 is 25.8. The van der Waals surface area contributed by atoms with Gasteiger partial charge in [0.05, 0.1) is 42.3 Å². The normalized spacial score (nSPS) is 18.4. The van der Waals surface area contributed by atoms with Crippen LogP contribution in [0.3, 0.4) is 0 Å².